The summed E-state index contributed by atoms with van der Waals surface area (Å²) in [6.07, 6.45) is 5.20. The molecule has 2 aliphatic rings. The molecule has 0 nitrogen and oxygen atoms in total. The molecule has 4 aromatic carbocycles. The van der Waals surface area contributed by atoms with Gasteiger partial charge in [0, 0.05) is 0 Å². The van der Waals surface area contributed by atoms with Crippen LogP contribution >= 0.6 is 0 Å². The minimum atomic E-state index is -1.27. The Morgan fingerprint density at radius 1 is 0.327 bits per heavy atom. The molecule has 0 saturated carbocycles. The molecular formula is C54H70Zr. The van der Waals surface area contributed by atoms with Crippen molar-refractivity contribution in [1.82, 2.24) is 0 Å². The Balaban J connectivity index is 1.59. The van der Waals surface area contributed by atoms with Crippen LogP contribution in [0.2, 0.25) is 0 Å². The summed E-state index contributed by atoms with van der Waals surface area (Å²) in [6.45, 7) is 42.5. The molecule has 2 atom stereocenters. The van der Waals surface area contributed by atoms with Gasteiger partial charge in [0.25, 0.3) is 0 Å². The van der Waals surface area contributed by atoms with Crippen LogP contribution in [0.4, 0.5) is 0 Å². The second kappa shape index (κ2) is 14.0. The topological polar surface area (TPSA) is 0 Å². The van der Waals surface area contributed by atoms with Gasteiger partial charge in [-0.3, -0.25) is 0 Å². The van der Waals surface area contributed by atoms with Gasteiger partial charge in [0.2, 0.25) is 0 Å². The zero-order valence-corrected chi connectivity index (χ0v) is 40.2. The molecule has 55 heavy (non-hydrogen) atoms. The monoisotopic (exact) mass is 808 g/mol. The molecule has 0 spiro atoms. The van der Waals surface area contributed by atoms with E-state index in [4.69, 9.17) is 0 Å². The molecule has 0 heterocycles. The Hall–Kier alpha value is -2.76. The fourth-order valence-corrected chi connectivity index (χ4v) is 13.1. The van der Waals surface area contributed by atoms with Crippen LogP contribution in [0.5, 0.6) is 0 Å². The van der Waals surface area contributed by atoms with Crippen molar-refractivity contribution in [2.75, 3.05) is 0 Å². The van der Waals surface area contributed by atoms with Gasteiger partial charge in [-0.05, 0) is 0 Å². The van der Waals surface area contributed by atoms with Gasteiger partial charge in [-0.25, -0.2) is 0 Å². The SMILES string of the molecule is CC(C)(C)c1cc(C2=Cc3cc(C(C)(C)C)ccc3[CH]2[Zr][CH]2C(c3cc(C(C)(C)C)cc(C(C)(C)C)c3)=Cc3cc(C(C)(C)C)ccc32)cc(C(C)(C)C)c1. The Morgan fingerprint density at radius 2 is 0.600 bits per heavy atom. The maximum absolute atomic E-state index is 2.60. The Bertz CT molecular complexity index is 1950. The second-order valence-corrected chi connectivity index (χ2v) is 26.7. The Kier molecular flexibility index (Phi) is 10.6. The van der Waals surface area contributed by atoms with Crippen molar-refractivity contribution in [1.29, 1.82) is 0 Å². The summed E-state index contributed by atoms with van der Waals surface area (Å²) in [6, 6.07) is 30.1. The molecule has 6 rings (SSSR count). The van der Waals surface area contributed by atoms with Crippen LogP contribution in [0.25, 0.3) is 23.3 Å². The van der Waals surface area contributed by atoms with E-state index >= 15 is 0 Å². The minimum absolute atomic E-state index is 0.0603. The summed E-state index contributed by atoms with van der Waals surface area (Å²) in [5, 5.41) is 0. The maximum atomic E-state index is 2.60. The van der Waals surface area contributed by atoms with Crippen LogP contribution in [-0.2, 0) is 55.7 Å². The standard InChI is InChI=1S/2C27H35.Zr/c2*1-25(2,3)22-11-10-18-12-19(13-20(18)14-22)21-15-23(26(4,5)6)17-24(16-21)27(7,8)9;/h2*10-17H,1-9H3;. The molecule has 0 amide bonds. The number of rotatable bonds is 4. The second-order valence-electron chi connectivity index (χ2n) is 23.0. The molecule has 0 radical (unpaired) electrons. The summed E-state index contributed by atoms with van der Waals surface area (Å²) in [7, 11) is 0. The average molecular weight is 810 g/mol. The molecule has 2 aliphatic carbocycles. The van der Waals surface area contributed by atoms with Crippen molar-refractivity contribution in [3.05, 3.63) is 140 Å². The van der Waals surface area contributed by atoms with Crippen LogP contribution in [0, 0.1) is 0 Å². The number of allylic oxidation sites excluding steroid dienone is 2. The van der Waals surface area contributed by atoms with Crippen molar-refractivity contribution >= 4 is 23.3 Å². The summed E-state index contributed by atoms with van der Waals surface area (Å²) in [5.74, 6) is 0. The van der Waals surface area contributed by atoms with E-state index < -0.39 is 23.2 Å². The fraction of sp³-hybridized carbons (Fsp3) is 0.481. The molecule has 2 unspecified atom stereocenters. The van der Waals surface area contributed by atoms with Gasteiger partial charge in [0.15, 0.2) is 0 Å². The van der Waals surface area contributed by atoms with E-state index in [2.05, 4.69) is 210 Å². The van der Waals surface area contributed by atoms with Crippen LogP contribution in [-0.4, -0.2) is 0 Å². The van der Waals surface area contributed by atoms with Crippen LogP contribution in [0.15, 0.2) is 72.8 Å². The first-order valence-electron chi connectivity index (χ1n) is 20.8. The first-order chi connectivity index (χ1) is 25.0. The molecule has 0 fully saturated rings. The van der Waals surface area contributed by atoms with Crippen LogP contribution in [0.1, 0.15) is 199 Å². The third kappa shape index (κ3) is 8.74. The first-order valence-corrected chi connectivity index (χ1v) is 23.7. The van der Waals surface area contributed by atoms with Crippen LogP contribution < -0.4 is 0 Å². The summed E-state index contributed by atoms with van der Waals surface area (Å²) in [5.41, 5.74) is 20.9. The molecule has 0 aromatic heterocycles. The van der Waals surface area contributed by atoms with Gasteiger partial charge >= 0.3 is 350 Å². The molecule has 0 N–H and O–H groups in total. The van der Waals surface area contributed by atoms with Crippen molar-refractivity contribution in [3.63, 3.8) is 0 Å². The van der Waals surface area contributed by atoms with Crippen molar-refractivity contribution in [3.8, 4) is 0 Å². The number of benzene rings is 4. The normalized spacial score (nSPS) is 17.9. The molecular weight excluding hydrogens is 740 g/mol. The van der Waals surface area contributed by atoms with Crippen molar-refractivity contribution < 1.29 is 23.2 Å². The van der Waals surface area contributed by atoms with Gasteiger partial charge in [0.05, 0.1) is 0 Å². The van der Waals surface area contributed by atoms with E-state index in [9.17, 15) is 0 Å². The first kappa shape index (κ1) is 41.9. The Morgan fingerprint density at radius 3 is 0.855 bits per heavy atom. The van der Waals surface area contributed by atoms with E-state index in [0.29, 0.717) is 7.25 Å². The average Bonchev–Trinajstić information content (AvgIpc) is 3.59. The quantitative estimate of drug-likeness (QED) is 0.193. The number of fused-ring (bicyclic) bond motifs is 2. The molecule has 0 aliphatic heterocycles. The van der Waals surface area contributed by atoms with E-state index in [1.165, 1.54) is 55.6 Å². The van der Waals surface area contributed by atoms with Gasteiger partial charge in [0.1, 0.15) is 0 Å². The van der Waals surface area contributed by atoms with E-state index in [1.807, 2.05) is 0 Å². The summed E-state index contributed by atoms with van der Waals surface area (Å²) >= 11 is -1.27. The van der Waals surface area contributed by atoms with Crippen molar-refractivity contribution in [2.24, 2.45) is 0 Å². The zero-order valence-electron chi connectivity index (χ0n) is 37.7. The summed E-state index contributed by atoms with van der Waals surface area (Å²) in [4.78, 5) is 0. The molecule has 1 heteroatoms. The van der Waals surface area contributed by atoms with Gasteiger partial charge < -0.3 is 0 Å². The number of hydrogen-bond acceptors (Lipinski definition) is 0. The van der Waals surface area contributed by atoms with Crippen molar-refractivity contribution in [2.45, 2.75) is 164 Å². The predicted molar refractivity (Wildman–Crippen MR) is 239 cm³/mol. The number of hydrogen-bond donors (Lipinski definition) is 0. The summed E-state index contributed by atoms with van der Waals surface area (Å²) < 4.78 is 0.871. The third-order valence-electron chi connectivity index (χ3n) is 12.1. The van der Waals surface area contributed by atoms with Gasteiger partial charge in [-0.2, -0.15) is 0 Å². The van der Waals surface area contributed by atoms with Gasteiger partial charge in [-0.15, -0.1) is 0 Å². The van der Waals surface area contributed by atoms with Gasteiger partial charge in [-0.1, -0.05) is 0 Å². The molecule has 290 valence electrons. The fourth-order valence-electron chi connectivity index (χ4n) is 8.04. The molecule has 0 saturated heterocycles. The third-order valence-corrected chi connectivity index (χ3v) is 16.8. The van der Waals surface area contributed by atoms with E-state index in [1.54, 1.807) is 22.3 Å². The predicted octanol–water partition coefficient (Wildman–Crippen LogP) is 15.4. The molecule has 4 aromatic rings. The van der Waals surface area contributed by atoms with E-state index in [-0.39, 0.29) is 32.5 Å². The molecule has 0 bridgehead atoms. The van der Waals surface area contributed by atoms with Crippen LogP contribution in [0.3, 0.4) is 0 Å². The Labute approximate surface area is 348 Å². The van der Waals surface area contributed by atoms with E-state index in [0.717, 1.165) is 0 Å². The zero-order chi connectivity index (χ0) is 40.8.